The van der Waals surface area contributed by atoms with Gasteiger partial charge in [0.1, 0.15) is 29.5 Å². The van der Waals surface area contributed by atoms with E-state index in [1.807, 2.05) is 7.05 Å². The summed E-state index contributed by atoms with van der Waals surface area (Å²) >= 11 is 0. The highest BCUT2D eigenvalue weighted by Crippen LogP contribution is 2.79. The van der Waals surface area contributed by atoms with Crippen LogP contribution < -0.4 is 0 Å². The number of carbonyl (C=O) groups is 1. The van der Waals surface area contributed by atoms with E-state index in [0.29, 0.717) is 19.4 Å². The number of hydrogen-bond donors (Lipinski definition) is 4. The van der Waals surface area contributed by atoms with Crippen LogP contribution in [0.5, 0.6) is 0 Å². The summed E-state index contributed by atoms with van der Waals surface area (Å²) in [5.41, 5.74) is -4.91. The van der Waals surface area contributed by atoms with Crippen LogP contribution in [0.15, 0.2) is 0 Å². The number of carbonyl (C=O) groups excluding carboxylic acids is 1. The molecule has 15 atom stereocenters. The Morgan fingerprint density at radius 3 is 2.33 bits per heavy atom. The first-order valence-corrected chi connectivity index (χ1v) is 12.8. The van der Waals surface area contributed by atoms with Crippen LogP contribution in [0.3, 0.4) is 0 Å². The highest BCUT2D eigenvalue weighted by atomic mass is 16.6. The Balaban J connectivity index is 1.68. The molecule has 11 nitrogen and oxygen atoms in total. The van der Waals surface area contributed by atoms with Crippen molar-refractivity contribution in [1.82, 2.24) is 4.90 Å². The van der Waals surface area contributed by atoms with Crippen molar-refractivity contribution in [2.45, 2.75) is 66.7 Å². The molecular weight excluding hydrogens is 474 g/mol. The molecule has 7 bridgehead atoms. The van der Waals surface area contributed by atoms with Gasteiger partial charge in [-0.15, -0.1) is 0 Å². The lowest BCUT2D eigenvalue weighted by Crippen LogP contribution is -2.80. The number of rotatable bonds is 7. The Morgan fingerprint density at radius 2 is 1.75 bits per heavy atom. The zero-order valence-corrected chi connectivity index (χ0v) is 21.4. The van der Waals surface area contributed by atoms with Crippen LogP contribution in [-0.4, -0.2) is 134 Å². The quantitative estimate of drug-likeness (QED) is 0.280. The lowest BCUT2D eigenvalue weighted by Gasteiger charge is -2.69. The predicted octanol–water partition coefficient (Wildman–Crippen LogP) is -2.00. The molecule has 6 rings (SSSR count). The normalized spacial score (nSPS) is 60.8. The number of hydrogen-bond acceptors (Lipinski definition) is 11. The van der Waals surface area contributed by atoms with Gasteiger partial charge in [-0.3, -0.25) is 4.79 Å². The van der Waals surface area contributed by atoms with Crippen molar-refractivity contribution in [2.75, 3.05) is 48.6 Å². The monoisotopic (exact) mass is 513 g/mol. The van der Waals surface area contributed by atoms with Crippen LogP contribution in [-0.2, 0) is 28.5 Å². The summed E-state index contributed by atoms with van der Waals surface area (Å²) < 4.78 is 29.3. The number of nitrogens with zero attached hydrogens (tertiary/aromatic N) is 1. The topological polar surface area (TPSA) is 147 Å². The molecule has 1 spiro atoms. The third kappa shape index (κ3) is 2.37. The summed E-state index contributed by atoms with van der Waals surface area (Å²) in [6, 6.07) is -0.286. The molecule has 36 heavy (non-hydrogen) atoms. The highest BCUT2D eigenvalue weighted by molar-refractivity contribution is 5.43. The Kier molecular flexibility index (Phi) is 5.52. The maximum Gasteiger partial charge on any atom is 0.293 e. The fourth-order valence-electron chi connectivity index (χ4n) is 11.1. The second kappa shape index (κ2) is 7.83. The van der Waals surface area contributed by atoms with Gasteiger partial charge in [0.2, 0.25) is 0 Å². The van der Waals surface area contributed by atoms with Gasteiger partial charge in [0.15, 0.2) is 0 Å². The minimum absolute atomic E-state index is 0.136. The number of likely N-dealkylation sites (tertiary alicyclic amines) is 1. The van der Waals surface area contributed by atoms with Gasteiger partial charge in [0, 0.05) is 76.0 Å². The zero-order chi connectivity index (χ0) is 26.0. The van der Waals surface area contributed by atoms with Gasteiger partial charge in [-0.2, -0.15) is 0 Å². The van der Waals surface area contributed by atoms with Gasteiger partial charge in [-0.1, -0.05) is 0 Å². The standard InChI is InChI=1S/C25H39NO10/c1-26-8-22(9-32-2)12(28)6-13(33-3)24-11-7-23(30)20(36-10-27)14(11)25(31,19(29)21(23)35-5)15(18(24)26)16(34-4)17(22)24/h10-21,28-31H,6-9H2,1-5H3/t11-,12-,13+,14-,15?,16+,17-,18?,19+,20-,21+,22+,23-,24?,25-/m1/s1. The van der Waals surface area contributed by atoms with Gasteiger partial charge in [-0.25, -0.2) is 0 Å². The fraction of sp³-hybridized carbons (Fsp3) is 0.960. The van der Waals surface area contributed by atoms with E-state index < -0.39 is 76.4 Å². The van der Waals surface area contributed by atoms with Crippen LogP contribution in [0, 0.1) is 34.5 Å². The Bertz CT molecular complexity index is 923. The van der Waals surface area contributed by atoms with Gasteiger partial charge in [-0.05, 0) is 19.4 Å². The largest absolute Gasteiger partial charge is 0.461 e. The third-order valence-electron chi connectivity index (χ3n) is 11.6. The fourth-order valence-corrected chi connectivity index (χ4v) is 11.1. The second-order valence-electron chi connectivity index (χ2n) is 12.2. The molecule has 5 aliphatic carbocycles. The molecule has 6 fully saturated rings. The minimum Gasteiger partial charge on any atom is -0.461 e. The summed E-state index contributed by atoms with van der Waals surface area (Å²) in [7, 11) is 8.18. The molecule has 4 N–H and O–H groups in total. The van der Waals surface area contributed by atoms with E-state index >= 15 is 0 Å². The van der Waals surface area contributed by atoms with E-state index in [4.69, 9.17) is 23.7 Å². The smallest absolute Gasteiger partial charge is 0.293 e. The van der Waals surface area contributed by atoms with E-state index in [0.717, 1.165) is 0 Å². The molecule has 11 heteroatoms. The van der Waals surface area contributed by atoms with Gasteiger partial charge in [0.25, 0.3) is 6.47 Å². The first-order chi connectivity index (χ1) is 17.1. The molecule has 0 radical (unpaired) electrons. The number of aliphatic hydroxyl groups is 4. The molecule has 0 amide bonds. The van der Waals surface area contributed by atoms with Crippen molar-refractivity contribution in [3.8, 4) is 0 Å². The third-order valence-corrected chi connectivity index (χ3v) is 11.6. The van der Waals surface area contributed by atoms with Gasteiger partial charge < -0.3 is 49.0 Å². The van der Waals surface area contributed by atoms with E-state index in [1.165, 1.54) is 7.11 Å². The summed E-state index contributed by atoms with van der Waals surface area (Å²) in [5, 5.41) is 48.1. The summed E-state index contributed by atoms with van der Waals surface area (Å²) in [6.07, 6.45) is -4.96. The minimum atomic E-state index is -1.80. The van der Waals surface area contributed by atoms with Crippen molar-refractivity contribution in [3.63, 3.8) is 0 Å². The Labute approximate surface area is 210 Å². The maximum atomic E-state index is 12.7. The SMILES string of the molecule is COC[C@]12CN(C)C3C4[C@H](OC)[C@H]1C3([C@@H](OC)C[C@H]2O)[C@@H]1C[C@@]2(O)[C@H](OC=O)[C@@H]1[C@]4(O)[C@@H](O)[C@@H]2OC. The van der Waals surface area contributed by atoms with Gasteiger partial charge >= 0.3 is 0 Å². The lowest BCUT2D eigenvalue weighted by atomic mass is 9.42. The highest BCUT2D eigenvalue weighted by Gasteiger charge is 2.90. The molecule has 1 aliphatic heterocycles. The Morgan fingerprint density at radius 1 is 1.03 bits per heavy atom. The molecule has 5 saturated carbocycles. The van der Waals surface area contributed by atoms with E-state index in [-0.39, 0.29) is 25.0 Å². The molecular formula is C25H39NO10. The van der Waals surface area contributed by atoms with Crippen LogP contribution >= 0.6 is 0 Å². The molecule has 3 unspecified atom stereocenters. The molecule has 0 aromatic rings. The first-order valence-electron chi connectivity index (χ1n) is 12.8. The predicted molar refractivity (Wildman–Crippen MR) is 122 cm³/mol. The molecule has 6 aliphatic rings. The van der Waals surface area contributed by atoms with Crippen molar-refractivity contribution in [1.29, 1.82) is 0 Å². The average molecular weight is 514 g/mol. The number of fused-ring (bicyclic) bond motifs is 2. The van der Waals surface area contributed by atoms with Crippen LogP contribution in [0.25, 0.3) is 0 Å². The summed E-state index contributed by atoms with van der Waals surface area (Å²) in [6.45, 7) is 1.09. The number of methoxy groups -OCH3 is 4. The van der Waals surface area contributed by atoms with Crippen molar-refractivity contribution in [3.05, 3.63) is 0 Å². The molecule has 0 aromatic carbocycles. The summed E-state index contributed by atoms with van der Waals surface area (Å²) in [5.74, 6) is -2.14. The lowest BCUT2D eigenvalue weighted by molar-refractivity contribution is -0.319. The average Bonchev–Trinajstić information content (AvgIpc) is 3.24. The van der Waals surface area contributed by atoms with Crippen LogP contribution in [0.1, 0.15) is 12.8 Å². The van der Waals surface area contributed by atoms with E-state index in [9.17, 15) is 25.2 Å². The summed E-state index contributed by atoms with van der Waals surface area (Å²) in [4.78, 5) is 13.8. The van der Waals surface area contributed by atoms with Crippen molar-refractivity contribution < 1.29 is 48.9 Å². The van der Waals surface area contributed by atoms with E-state index in [1.54, 1.807) is 21.3 Å². The Hall–Kier alpha value is -0.890. The molecule has 1 saturated heterocycles. The van der Waals surface area contributed by atoms with Crippen molar-refractivity contribution in [2.24, 2.45) is 34.5 Å². The van der Waals surface area contributed by atoms with Crippen molar-refractivity contribution >= 4 is 6.47 Å². The molecule has 204 valence electrons. The zero-order valence-electron chi connectivity index (χ0n) is 21.4. The first kappa shape index (κ1) is 25.4. The number of piperidine rings is 1. The second-order valence-corrected chi connectivity index (χ2v) is 12.2. The number of ether oxygens (including phenoxy) is 5. The maximum absolute atomic E-state index is 12.7. The molecule has 1 heterocycles. The van der Waals surface area contributed by atoms with E-state index in [2.05, 4.69) is 4.90 Å². The molecule has 0 aromatic heterocycles. The van der Waals surface area contributed by atoms with Gasteiger partial charge in [0.05, 0.1) is 24.9 Å². The van der Waals surface area contributed by atoms with Crippen LogP contribution in [0.4, 0.5) is 0 Å². The number of aliphatic hydroxyl groups excluding tert-OH is 2. The van der Waals surface area contributed by atoms with Crippen LogP contribution in [0.2, 0.25) is 0 Å².